The molecule has 0 saturated heterocycles. The summed E-state index contributed by atoms with van der Waals surface area (Å²) in [5.41, 5.74) is 2.39. The van der Waals surface area contributed by atoms with Gasteiger partial charge in [-0.05, 0) is 32.9 Å². The van der Waals surface area contributed by atoms with Gasteiger partial charge in [0.25, 0.3) is 5.56 Å². The number of rotatable bonds is 2. The summed E-state index contributed by atoms with van der Waals surface area (Å²) in [6.07, 6.45) is 0. The number of fused-ring (bicyclic) bond motifs is 1. The monoisotopic (exact) mass is 321 g/mol. The van der Waals surface area contributed by atoms with E-state index < -0.39 is 0 Å². The minimum Gasteiger partial charge on any atom is -1.00 e. The third kappa shape index (κ3) is 3.52. The number of phenols is 1. The van der Waals surface area contributed by atoms with Crippen LogP contribution in [0.25, 0.3) is 10.9 Å². The molecule has 2 aromatic heterocycles. The molecule has 7 nitrogen and oxygen atoms in total. The maximum Gasteiger partial charge on any atom is 1.00 e. The van der Waals surface area contributed by atoms with E-state index in [0.717, 1.165) is 11.1 Å². The number of hydrogen-bond donors (Lipinski definition) is 3. The first-order valence-corrected chi connectivity index (χ1v) is 6.76. The molecule has 3 N–H and O–H groups in total. The molecule has 0 atom stereocenters. The molecule has 8 heteroatoms. The number of aromatic amines is 1. The number of aryl methyl sites for hydroxylation is 2. The molecule has 0 amide bonds. The van der Waals surface area contributed by atoms with Crippen molar-refractivity contribution in [1.82, 2.24) is 19.9 Å². The summed E-state index contributed by atoms with van der Waals surface area (Å²) < 4.78 is 0. The Hall–Kier alpha value is -1.96. The second-order valence-corrected chi connectivity index (χ2v) is 5.08. The average Bonchev–Trinajstić information content (AvgIpc) is 2.44. The minimum absolute atomic E-state index is 0. The molecule has 0 radical (unpaired) electrons. The summed E-state index contributed by atoms with van der Waals surface area (Å²) in [7, 11) is 0. The van der Waals surface area contributed by atoms with Crippen LogP contribution >= 0.6 is 0 Å². The van der Waals surface area contributed by atoms with E-state index in [9.17, 15) is 9.90 Å². The van der Waals surface area contributed by atoms with E-state index >= 15 is 0 Å². The molecular weight excluding hydrogens is 305 g/mol. The Kier molecular flexibility index (Phi) is 5.03. The minimum atomic E-state index is -0.204. The van der Waals surface area contributed by atoms with Crippen LogP contribution in [0, 0.1) is 20.8 Å². The molecule has 3 rings (SSSR count). The molecule has 0 aliphatic heterocycles. The Morgan fingerprint density at radius 2 is 1.87 bits per heavy atom. The van der Waals surface area contributed by atoms with Crippen LogP contribution in [-0.2, 0) is 0 Å². The summed E-state index contributed by atoms with van der Waals surface area (Å²) >= 11 is 0. The first-order chi connectivity index (χ1) is 10.4. The number of nitrogens with zero attached hydrogens (tertiary/aromatic N) is 3. The predicted molar refractivity (Wildman–Crippen MR) is 84.7 cm³/mol. The molecule has 1 aromatic carbocycles. The van der Waals surface area contributed by atoms with Crippen LogP contribution in [0.2, 0.25) is 0 Å². The van der Waals surface area contributed by atoms with Crippen molar-refractivity contribution in [3.8, 4) is 5.75 Å². The fourth-order valence-corrected chi connectivity index (χ4v) is 2.14. The van der Waals surface area contributed by atoms with Gasteiger partial charge in [0.05, 0.1) is 11.2 Å². The van der Waals surface area contributed by atoms with Crippen molar-refractivity contribution in [3.63, 3.8) is 0 Å². The van der Waals surface area contributed by atoms with Gasteiger partial charge in [-0.15, -0.1) is 0 Å². The van der Waals surface area contributed by atoms with Gasteiger partial charge < -0.3 is 6.53 Å². The Bertz CT molecular complexity index is 945. The van der Waals surface area contributed by atoms with Crippen molar-refractivity contribution in [2.24, 2.45) is 0 Å². The zero-order chi connectivity index (χ0) is 15.9. The van der Waals surface area contributed by atoms with Crippen LogP contribution in [0.3, 0.4) is 0 Å². The average molecular weight is 321 g/mol. The van der Waals surface area contributed by atoms with Crippen LogP contribution in [-0.4, -0.2) is 25.0 Å². The number of nitrogens with one attached hydrogen (secondary N) is 2. The van der Waals surface area contributed by atoms with Gasteiger partial charge >= 0.3 is 29.6 Å². The van der Waals surface area contributed by atoms with Gasteiger partial charge in [0.2, 0.25) is 11.9 Å². The first kappa shape index (κ1) is 17.4. The van der Waals surface area contributed by atoms with E-state index in [2.05, 4.69) is 25.3 Å². The molecule has 3 aromatic rings. The van der Waals surface area contributed by atoms with Crippen molar-refractivity contribution in [3.05, 3.63) is 45.5 Å². The van der Waals surface area contributed by atoms with Crippen molar-refractivity contribution in [2.45, 2.75) is 20.8 Å². The largest absolute Gasteiger partial charge is 1.00 e. The van der Waals surface area contributed by atoms with Gasteiger partial charge in [-0.2, -0.15) is 0 Å². The van der Waals surface area contributed by atoms with Crippen LogP contribution in [0.15, 0.2) is 23.0 Å². The van der Waals surface area contributed by atoms with Crippen molar-refractivity contribution in [2.75, 3.05) is 5.32 Å². The van der Waals surface area contributed by atoms with Crippen LogP contribution in [0.5, 0.6) is 5.75 Å². The maximum atomic E-state index is 11.8. The number of phenolic OH excluding ortho intramolecular Hbond substituents is 1. The zero-order valence-electron chi connectivity index (χ0n) is 14.4. The van der Waals surface area contributed by atoms with Gasteiger partial charge in [-0.1, -0.05) is 0 Å². The molecule has 0 fully saturated rings. The molecule has 0 bridgehead atoms. The molecule has 114 valence electrons. The second kappa shape index (κ2) is 6.66. The predicted octanol–water partition coefficient (Wildman–Crippen LogP) is -0.796. The quantitative estimate of drug-likeness (QED) is 0.534. The smallest absolute Gasteiger partial charge is 1.00 e. The third-order valence-corrected chi connectivity index (χ3v) is 3.50. The molecule has 0 saturated carbocycles. The fourth-order valence-electron chi connectivity index (χ4n) is 2.14. The van der Waals surface area contributed by atoms with E-state index in [0.29, 0.717) is 22.7 Å². The standard InChI is InChI=1S/C15H15N5O2.Na.H/c1-7-8(2)16-15(19-13(7)22)20-14-17-9(3)11-5-4-10(21)6-12(11)18-14;;/h4-6,21H,1-3H3,(H2,16,17,18,19,20,22);;/q;+1;-1. The molecule has 0 unspecified atom stereocenters. The Morgan fingerprint density at radius 1 is 1.13 bits per heavy atom. The first-order valence-electron chi connectivity index (χ1n) is 6.76. The normalized spacial score (nSPS) is 10.4. The Labute approximate surface area is 156 Å². The van der Waals surface area contributed by atoms with Crippen molar-refractivity contribution < 1.29 is 36.1 Å². The number of H-pyrrole nitrogens is 1. The third-order valence-electron chi connectivity index (χ3n) is 3.50. The number of benzene rings is 1. The summed E-state index contributed by atoms with van der Waals surface area (Å²) in [6.45, 7) is 5.33. The molecular formula is C15H16N5NaO2. The zero-order valence-corrected chi connectivity index (χ0v) is 15.4. The molecule has 0 aliphatic carbocycles. The Morgan fingerprint density at radius 3 is 2.57 bits per heavy atom. The van der Waals surface area contributed by atoms with Crippen molar-refractivity contribution >= 4 is 22.8 Å². The van der Waals surface area contributed by atoms with Gasteiger partial charge in [-0.3, -0.25) is 15.1 Å². The second-order valence-electron chi connectivity index (χ2n) is 5.08. The summed E-state index contributed by atoms with van der Waals surface area (Å²) in [4.78, 5) is 27.3. The van der Waals surface area contributed by atoms with Crippen LogP contribution < -0.4 is 40.4 Å². The van der Waals surface area contributed by atoms with Crippen LogP contribution in [0.4, 0.5) is 11.9 Å². The summed E-state index contributed by atoms with van der Waals surface area (Å²) in [5, 5.41) is 13.3. The number of aromatic hydroxyl groups is 1. The molecule has 23 heavy (non-hydrogen) atoms. The Balaban J connectivity index is 0.00000144. The molecule has 2 heterocycles. The van der Waals surface area contributed by atoms with Crippen molar-refractivity contribution in [1.29, 1.82) is 0 Å². The van der Waals surface area contributed by atoms with E-state index in [-0.39, 0.29) is 48.2 Å². The number of hydrogen-bond acceptors (Lipinski definition) is 6. The molecule has 0 spiro atoms. The van der Waals surface area contributed by atoms with Gasteiger partial charge in [-0.25, -0.2) is 15.0 Å². The summed E-state index contributed by atoms with van der Waals surface area (Å²) in [5.74, 6) is 0.725. The summed E-state index contributed by atoms with van der Waals surface area (Å²) in [6, 6.07) is 4.92. The fraction of sp³-hybridized carbons (Fsp3) is 0.200. The molecule has 0 aliphatic rings. The van der Waals surface area contributed by atoms with Gasteiger partial charge in [0.1, 0.15) is 5.75 Å². The number of anilines is 2. The topological polar surface area (TPSA) is 104 Å². The van der Waals surface area contributed by atoms with Crippen LogP contribution in [0.1, 0.15) is 18.4 Å². The van der Waals surface area contributed by atoms with E-state index in [4.69, 9.17) is 0 Å². The van der Waals surface area contributed by atoms with E-state index in [1.165, 1.54) is 0 Å². The number of aromatic nitrogens is 4. The SMILES string of the molecule is Cc1nc(Nc2nc(C)c3ccc(O)cc3n2)[nH]c(=O)c1C.[H-].[Na+]. The van der Waals surface area contributed by atoms with E-state index in [1.807, 2.05) is 6.92 Å². The van der Waals surface area contributed by atoms with E-state index in [1.54, 1.807) is 32.0 Å². The van der Waals surface area contributed by atoms with Gasteiger partial charge in [0.15, 0.2) is 0 Å². The van der Waals surface area contributed by atoms with Gasteiger partial charge in [0, 0.05) is 22.7 Å². The maximum absolute atomic E-state index is 11.8.